The summed E-state index contributed by atoms with van der Waals surface area (Å²) in [4.78, 5) is 15.1. The van der Waals surface area contributed by atoms with Gasteiger partial charge in [-0.3, -0.25) is 14.3 Å². The number of hydrogen-bond donors (Lipinski definition) is 1. The first-order chi connectivity index (χ1) is 15.0. The van der Waals surface area contributed by atoms with Crippen LogP contribution in [0.2, 0.25) is 0 Å². The largest absolute Gasteiger partial charge is 0.325 e. The average Bonchev–Trinajstić information content (AvgIpc) is 3.40. The van der Waals surface area contributed by atoms with E-state index in [2.05, 4.69) is 56.2 Å². The highest BCUT2D eigenvalue weighted by atomic mass is 32.2. The molecule has 0 saturated carbocycles. The minimum Gasteiger partial charge on any atom is -0.325 e. The second-order valence-corrected chi connectivity index (χ2v) is 9.11. The quantitative estimate of drug-likeness (QED) is 0.553. The van der Waals surface area contributed by atoms with Crippen molar-refractivity contribution >= 4 is 23.4 Å². The van der Waals surface area contributed by atoms with E-state index in [1.165, 1.54) is 30.2 Å². The van der Waals surface area contributed by atoms with Gasteiger partial charge < -0.3 is 5.32 Å². The van der Waals surface area contributed by atoms with Crippen LogP contribution in [0.25, 0.3) is 5.69 Å². The number of benzene rings is 2. The SMILES string of the molecule is Cc1cc(C)c(NC(=O)CSc2nnc(CN3CCCC3)n2-c2ccccc2)c(C)c1. The van der Waals surface area contributed by atoms with Crippen molar-refractivity contribution in [1.82, 2.24) is 19.7 Å². The van der Waals surface area contributed by atoms with Gasteiger partial charge in [0.2, 0.25) is 5.91 Å². The van der Waals surface area contributed by atoms with Crippen LogP contribution < -0.4 is 5.32 Å². The van der Waals surface area contributed by atoms with E-state index in [0.717, 1.165) is 53.1 Å². The number of aromatic nitrogens is 3. The molecular weight excluding hydrogens is 406 g/mol. The predicted molar refractivity (Wildman–Crippen MR) is 126 cm³/mol. The third kappa shape index (κ3) is 5.17. The molecule has 31 heavy (non-hydrogen) atoms. The van der Waals surface area contributed by atoms with Crippen molar-refractivity contribution in [2.24, 2.45) is 0 Å². The summed E-state index contributed by atoms with van der Waals surface area (Å²) in [5.41, 5.74) is 5.28. The van der Waals surface area contributed by atoms with Gasteiger partial charge in [0.1, 0.15) is 0 Å². The maximum Gasteiger partial charge on any atom is 0.234 e. The molecule has 0 atom stereocenters. The van der Waals surface area contributed by atoms with Crippen molar-refractivity contribution in [2.75, 3.05) is 24.2 Å². The summed E-state index contributed by atoms with van der Waals surface area (Å²) in [7, 11) is 0. The molecule has 2 heterocycles. The number of aryl methyl sites for hydroxylation is 3. The summed E-state index contributed by atoms with van der Waals surface area (Å²) in [6, 6.07) is 14.3. The number of anilines is 1. The highest BCUT2D eigenvalue weighted by Gasteiger charge is 2.20. The summed E-state index contributed by atoms with van der Waals surface area (Å²) in [5.74, 6) is 1.16. The summed E-state index contributed by atoms with van der Waals surface area (Å²) in [6.07, 6.45) is 2.47. The van der Waals surface area contributed by atoms with E-state index >= 15 is 0 Å². The van der Waals surface area contributed by atoms with Crippen molar-refractivity contribution in [3.05, 3.63) is 65.0 Å². The molecule has 1 saturated heterocycles. The number of rotatable bonds is 7. The number of para-hydroxylation sites is 1. The van der Waals surface area contributed by atoms with Crippen molar-refractivity contribution in [3.63, 3.8) is 0 Å². The Morgan fingerprint density at radius 2 is 1.71 bits per heavy atom. The Morgan fingerprint density at radius 3 is 2.39 bits per heavy atom. The molecule has 0 aliphatic carbocycles. The molecule has 0 bridgehead atoms. The van der Waals surface area contributed by atoms with E-state index in [1.54, 1.807) is 0 Å². The lowest BCUT2D eigenvalue weighted by Crippen LogP contribution is -2.21. The van der Waals surface area contributed by atoms with Crippen LogP contribution >= 0.6 is 11.8 Å². The number of carbonyl (C=O) groups is 1. The fourth-order valence-corrected chi connectivity index (χ4v) is 4.93. The Kier molecular flexibility index (Phi) is 6.73. The van der Waals surface area contributed by atoms with Gasteiger partial charge in [-0.05, 0) is 70.0 Å². The monoisotopic (exact) mass is 435 g/mol. The van der Waals surface area contributed by atoms with E-state index in [0.29, 0.717) is 0 Å². The van der Waals surface area contributed by atoms with Gasteiger partial charge >= 0.3 is 0 Å². The summed E-state index contributed by atoms with van der Waals surface area (Å²) >= 11 is 1.42. The molecule has 1 aromatic heterocycles. The molecule has 0 unspecified atom stereocenters. The average molecular weight is 436 g/mol. The van der Waals surface area contributed by atoms with Crippen LogP contribution in [-0.4, -0.2) is 44.4 Å². The maximum atomic E-state index is 12.7. The lowest BCUT2D eigenvalue weighted by molar-refractivity contribution is -0.113. The van der Waals surface area contributed by atoms with Crippen molar-refractivity contribution in [2.45, 2.75) is 45.3 Å². The predicted octanol–water partition coefficient (Wildman–Crippen LogP) is 4.52. The Labute approximate surface area is 188 Å². The molecule has 0 spiro atoms. The summed E-state index contributed by atoms with van der Waals surface area (Å²) in [5, 5.41) is 12.7. The third-order valence-electron chi connectivity index (χ3n) is 5.55. The van der Waals surface area contributed by atoms with Gasteiger partial charge in [-0.2, -0.15) is 0 Å². The smallest absolute Gasteiger partial charge is 0.234 e. The van der Waals surface area contributed by atoms with Gasteiger partial charge in [-0.25, -0.2) is 0 Å². The zero-order valence-electron chi connectivity index (χ0n) is 18.4. The summed E-state index contributed by atoms with van der Waals surface area (Å²) < 4.78 is 2.08. The highest BCUT2D eigenvalue weighted by Crippen LogP contribution is 2.25. The van der Waals surface area contributed by atoms with E-state index in [4.69, 9.17) is 0 Å². The second-order valence-electron chi connectivity index (χ2n) is 8.16. The van der Waals surface area contributed by atoms with Crippen LogP contribution in [0, 0.1) is 20.8 Å². The van der Waals surface area contributed by atoms with Crippen molar-refractivity contribution < 1.29 is 4.79 Å². The van der Waals surface area contributed by atoms with E-state index < -0.39 is 0 Å². The first-order valence-electron chi connectivity index (χ1n) is 10.7. The van der Waals surface area contributed by atoms with Gasteiger partial charge in [0, 0.05) is 11.4 Å². The van der Waals surface area contributed by atoms with Crippen LogP contribution in [0.4, 0.5) is 5.69 Å². The second kappa shape index (κ2) is 9.66. The lowest BCUT2D eigenvalue weighted by atomic mass is 10.1. The van der Waals surface area contributed by atoms with E-state index in [-0.39, 0.29) is 11.7 Å². The molecular formula is C24H29N5OS. The molecule has 1 N–H and O–H groups in total. The molecule has 1 amide bonds. The summed E-state index contributed by atoms with van der Waals surface area (Å²) in [6.45, 7) is 9.09. The number of carbonyl (C=O) groups excluding carboxylic acids is 1. The van der Waals surface area contributed by atoms with Crippen LogP contribution in [-0.2, 0) is 11.3 Å². The molecule has 3 aromatic rings. The first-order valence-corrected chi connectivity index (χ1v) is 11.7. The third-order valence-corrected chi connectivity index (χ3v) is 6.48. The molecule has 4 rings (SSSR count). The van der Waals surface area contributed by atoms with Crippen LogP contribution in [0.1, 0.15) is 35.4 Å². The molecule has 1 aliphatic rings. The Morgan fingerprint density at radius 1 is 1.03 bits per heavy atom. The Hall–Kier alpha value is -2.64. The van der Waals surface area contributed by atoms with E-state index in [9.17, 15) is 4.79 Å². The molecule has 7 heteroatoms. The highest BCUT2D eigenvalue weighted by molar-refractivity contribution is 7.99. The number of nitrogens with one attached hydrogen (secondary N) is 1. The number of nitrogens with zero attached hydrogens (tertiary/aromatic N) is 4. The molecule has 1 aliphatic heterocycles. The number of hydrogen-bond acceptors (Lipinski definition) is 5. The van der Waals surface area contributed by atoms with Crippen LogP contribution in [0.15, 0.2) is 47.6 Å². The first kappa shape index (κ1) is 21.6. The zero-order valence-corrected chi connectivity index (χ0v) is 19.2. The fraction of sp³-hybridized carbons (Fsp3) is 0.375. The minimum atomic E-state index is -0.0382. The molecule has 2 aromatic carbocycles. The van der Waals surface area contributed by atoms with Crippen LogP contribution in [0.3, 0.4) is 0 Å². The van der Waals surface area contributed by atoms with Gasteiger partial charge in [0.25, 0.3) is 0 Å². The van der Waals surface area contributed by atoms with Gasteiger partial charge in [-0.15, -0.1) is 10.2 Å². The van der Waals surface area contributed by atoms with Crippen LogP contribution in [0.5, 0.6) is 0 Å². The van der Waals surface area contributed by atoms with Gasteiger partial charge in [0.05, 0.1) is 12.3 Å². The van der Waals surface area contributed by atoms with Crippen molar-refractivity contribution in [1.29, 1.82) is 0 Å². The molecule has 6 nitrogen and oxygen atoms in total. The topological polar surface area (TPSA) is 63.1 Å². The number of thioether (sulfide) groups is 1. The lowest BCUT2D eigenvalue weighted by Gasteiger charge is -2.16. The normalized spacial score (nSPS) is 14.2. The zero-order chi connectivity index (χ0) is 21.8. The molecule has 162 valence electrons. The molecule has 1 fully saturated rings. The number of likely N-dealkylation sites (tertiary alicyclic amines) is 1. The van der Waals surface area contributed by atoms with E-state index in [1.807, 2.05) is 32.0 Å². The standard InChI is InChI=1S/C24H29N5OS/c1-17-13-18(2)23(19(3)14-17)25-22(30)16-31-24-27-26-21(15-28-11-7-8-12-28)29(24)20-9-5-4-6-10-20/h4-6,9-10,13-14H,7-8,11-12,15-16H2,1-3H3,(H,25,30). The Bertz CT molecular complexity index is 1030. The number of amides is 1. The van der Waals surface area contributed by atoms with Gasteiger partial charge in [0.15, 0.2) is 11.0 Å². The Balaban J connectivity index is 1.50. The van der Waals surface area contributed by atoms with Gasteiger partial charge in [-0.1, -0.05) is 47.7 Å². The molecule has 0 radical (unpaired) electrons. The fourth-order valence-electron chi connectivity index (χ4n) is 4.16. The maximum absolute atomic E-state index is 12.7. The van der Waals surface area contributed by atoms with Crippen molar-refractivity contribution in [3.8, 4) is 5.69 Å². The minimum absolute atomic E-state index is 0.0382.